The predicted molar refractivity (Wildman–Crippen MR) is 110 cm³/mol. The molecular weight excluding hydrogens is 426 g/mol. The van der Waals surface area contributed by atoms with Crippen LogP contribution in [-0.2, 0) is 36.9 Å². The highest BCUT2D eigenvalue weighted by Crippen LogP contribution is 2.45. The average Bonchev–Trinajstić information content (AvgIpc) is 3.08. The van der Waals surface area contributed by atoms with Gasteiger partial charge in [-0.1, -0.05) is 19.1 Å². The lowest BCUT2D eigenvalue weighted by Crippen LogP contribution is -2.58. The maximum atomic E-state index is 12.9. The fourth-order valence-corrected chi connectivity index (χ4v) is 5.32. The van der Waals surface area contributed by atoms with Crippen LogP contribution in [0.2, 0.25) is 0 Å². The third kappa shape index (κ3) is 4.57. The standard InChI is InChI=1S/C20H23N3O7S/c1-2-13-15-10-16(31(29)9-5-8-17(21)24)18(22(15)19(13)25)20(26)30-11-12-6-3-4-7-14(12)23(27)28/h3-4,6-7,13,15H,2,5,8-11H2,1H3,(H2,21,24). The Kier molecular flexibility index (Phi) is 6.96. The van der Waals surface area contributed by atoms with Crippen LogP contribution in [0.4, 0.5) is 5.69 Å². The Labute approximate surface area is 181 Å². The molecule has 0 aromatic heterocycles. The van der Waals surface area contributed by atoms with Gasteiger partial charge in [-0.3, -0.25) is 24.6 Å². The summed E-state index contributed by atoms with van der Waals surface area (Å²) < 4.78 is 18.1. The number of ether oxygens (including phenoxy) is 1. The minimum atomic E-state index is -1.59. The van der Waals surface area contributed by atoms with Crippen molar-refractivity contribution in [1.29, 1.82) is 0 Å². The SMILES string of the molecule is CCC1C(=O)N2C(C(=O)OCc3ccccc3[N+](=O)[O-])=C([S+]([O-])CCCC(N)=O)CC12. The number of hydrogen-bond donors (Lipinski definition) is 1. The number of benzene rings is 1. The Morgan fingerprint density at radius 1 is 1.35 bits per heavy atom. The molecule has 166 valence electrons. The molecule has 1 aromatic carbocycles. The molecule has 2 aliphatic heterocycles. The van der Waals surface area contributed by atoms with Crippen molar-refractivity contribution in [3.8, 4) is 0 Å². The first kappa shape index (κ1) is 22.8. The molecule has 3 atom stereocenters. The Morgan fingerprint density at radius 3 is 2.71 bits per heavy atom. The number of amides is 2. The minimum absolute atomic E-state index is 0.0457. The highest BCUT2D eigenvalue weighted by Gasteiger charge is 2.57. The van der Waals surface area contributed by atoms with Crippen molar-refractivity contribution in [2.75, 3.05) is 5.75 Å². The number of nitrogens with zero attached hydrogens (tertiary/aromatic N) is 2. The topological polar surface area (TPSA) is 156 Å². The van der Waals surface area contributed by atoms with Crippen molar-refractivity contribution in [2.45, 2.75) is 45.3 Å². The molecule has 1 aromatic rings. The van der Waals surface area contributed by atoms with E-state index in [4.69, 9.17) is 10.5 Å². The minimum Gasteiger partial charge on any atom is -0.612 e. The first-order chi connectivity index (χ1) is 14.8. The summed E-state index contributed by atoms with van der Waals surface area (Å²) in [5.74, 6) is -1.70. The summed E-state index contributed by atoms with van der Waals surface area (Å²) in [6.45, 7) is 1.51. The first-order valence-electron chi connectivity index (χ1n) is 9.88. The van der Waals surface area contributed by atoms with E-state index in [1.807, 2.05) is 6.92 Å². The molecule has 0 radical (unpaired) electrons. The lowest BCUT2D eigenvalue weighted by atomic mass is 9.85. The molecule has 0 bridgehead atoms. The number of nitrogens with two attached hydrogens (primary N) is 1. The normalized spacial score (nSPS) is 20.8. The van der Waals surface area contributed by atoms with Crippen LogP contribution < -0.4 is 5.73 Å². The van der Waals surface area contributed by atoms with Gasteiger partial charge in [-0.05, 0) is 23.7 Å². The molecule has 2 aliphatic rings. The van der Waals surface area contributed by atoms with Gasteiger partial charge in [0.15, 0.2) is 10.6 Å². The molecule has 2 amide bonds. The monoisotopic (exact) mass is 449 g/mol. The van der Waals surface area contributed by atoms with E-state index < -0.39 is 28.0 Å². The molecule has 0 aliphatic carbocycles. The average molecular weight is 449 g/mol. The summed E-state index contributed by atoms with van der Waals surface area (Å²) in [6.07, 6.45) is 1.25. The number of esters is 1. The summed E-state index contributed by atoms with van der Waals surface area (Å²) >= 11 is -1.59. The van der Waals surface area contributed by atoms with Gasteiger partial charge in [0.05, 0.1) is 22.4 Å². The maximum absolute atomic E-state index is 12.9. The zero-order chi connectivity index (χ0) is 22.7. The van der Waals surface area contributed by atoms with Crippen molar-refractivity contribution in [2.24, 2.45) is 11.7 Å². The summed E-state index contributed by atoms with van der Waals surface area (Å²) in [5.41, 5.74) is 5.10. The van der Waals surface area contributed by atoms with Crippen LogP contribution in [0.15, 0.2) is 34.9 Å². The third-order valence-electron chi connectivity index (χ3n) is 5.46. The number of fused-ring (bicyclic) bond motifs is 1. The van der Waals surface area contributed by atoms with Crippen LogP contribution in [0, 0.1) is 16.0 Å². The zero-order valence-corrected chi connectivity index (χ0v) is 17.8. The Morgan fingerprint density at radius 2 is 2.06 bits per heavy atom. The fourth-order valence-electron chi connectivity index (χ4n) is 3.92. The molecule has 0 spiro atoms. The van der Waals surface area contributed by atoms with Gasteiger partial charge in [-0.15, -0.1) is 0 Å². The molecule has 1 saturated heterocycles. The smallest absolute Gasteiger partial charge is 0.360 e. The number of nitro groups is 1. The van der Waals surface area contributed by atoms with E-state index in [0.29, 0.717) is 24.2 Å². The third-order valence-corrected chi connectivity index (χ3v) is 7.03. The second-order valence-electron chi connectivity index (χ2n) is 7.35. The van der Waals surface area contributed by atoms with Gasteiger partial charge in [0.25, 0.3) is 5.69 Å². The number of nitro benzene ring substituents is 1. The van der Waals surface area contributed by atoms with Crippen LogP contribution in [0.1, 0.15) is 38.2 Å². The zero-order valence-electron chi connectivity index (χ0n) is 16.9. The van der Waals surface area contributed by atoms with Gasteiger partial charge in [-0.2, -0.15) is 0 Å². The van der Waals surface area contributed by atoms with Gasteiger partial charge < -0.3 is 15.0 Å². The van der Waals surface area contributed by atoms with E-state index in [2.05, 4.69) is 0 Å². The van der Waals surface area contributed by atoms with Gasteiger partial charge in [0.1, 0.15) is 12.4 Å². The Hall–Kier alpha value is -2.92. The lowest BCUT2D eigenvalue weighted by Gasteiger charge is -2.42. The summed E-state index contributed by atoms with van der Waals surface area (Å²) in [6, 6.07) is 5.62. The van der Waals surface area contributed by atoms with E-state index in [1.165, 1.54) is 23.1 Å². The van der Waals surface area contributed by atoms with Crippen LogP contribution in [0.5, 0.6) is 0 Å². The summed E-state index contributed by atoms with van der Waals surface area (Å²) in [5, 5.41) is 11.2. The van der Waals surface area contributed by atoms with Gasteiger partial charge in [0.2, 0.25) is 11.8 Å². The van der Waals surface area contributed by atoms with E-state index in [-0.39, 0.29) is 53.6 Å². The molecular formula is C20H23N3O7S. The quantitative estimate of drug-likeness (QED) is 0.186. The van der Waals surface area contributed by atoms with Crippen molar-refractivity contribution < 1.29 is 28.6 Å². The van der Waals surface area contributed by atoms with Crippen molar-refractivity contribution in [1.82, 2.24) is 4.90 Å². The van der Waals surface area contributed by atoms with Crippen molar-refractivity contribution in [3.63, 3.8) is 0 Å². The molecule has 1 fully saturated rings. The number of carbonyl (C=O) groups excluding carboxylic acids is 3. The molecule has 3 unspecified atom stereocenters. The summed E-state index contributed by atoms with van der Waals surface area (Å²) in [7, 11) is 0. The molecule has 3 rings (SSSR count). The van der Waals surface area contributed by atoms with Crippen LogP contribution in [0.3, 0.4) is 0 Å². The number of para-hydroxylation sites is 1. The predicted octanol–water partition coefficient (Wildman–Crippen LogP) is 1.50. The number of rotatable bonds is 10. The first-order valence-corrected chi connectivity index (χ1v) is 11.2. The number of hydrogen-bond acceptors (Lipinski definition) is 7. The van der Waals surface area contributed by atoms with Crippen molar-refractivity contribution in [3.05, 3.63) is 50.5 Å². The molecule has 31 heavy (non-hydrogen) atoms. The second-order valence-corrected chi connectivity index (χ2v) is 8.94. The van der Waals surface area contributed by atoms with Crippen LogP contribution >= 0.6 is 0 Å². The van der Waals surface area contributed by atoms with E-state index in [9.17, 15) is 29.1 Å². The lowest BCUT2D eigenvalue weighted by molar-refractivity contribution is -0.385. The Bertz CT molecular complexity index is 948. The number of primary amides is 1. The number of β-lactam (4-membered cyclic amide) rings is 1. The van der Waals surface area contributed by atoms with E-state index >= 15 is 0 Å². The number of carbonyl (C=O) groups is 3. The van der Waals surface area contributed by atoms with E-state index in [0.717, 1.165) is 0 Å². The molecule has 10 nitrogen and oxygen atoms in total. The molecule has 2 heterocycles. The van der Waals surface area contributed by atoms with Crippen LogP contribution in [-0.4, -0.2) is 44.0 Å². The largest absolute Gasteiger partial charge is 0.612 e. The van der Waals surface area contributed by atoms with Gasteiger partial charge >= 0.3 is 5.97 Å². The molecule has 11 heteroatoms. The fraction of sp³-hybridized carbons (Fsp3) is 0.450. The molecule has 0 saturated carbocycles. The maximum Gasteiger partial charge on any atom is 0.360 e. The second kappa shape index (κ2) is 9.48. The molecule has 2 N–H and O–H groups in total. The van der Waals surface area contributed by atoms with E-state index in [1.54, 1.807) is 6.07 Å². The van der Waals surface area contributed by atoms with Gasteiger partial charge in [-0.25, -0.2) is 4.79 Å². The van der Waals surface area contributed by atoms with Crippen molar-refractivity contribution >= 4 is 34.6 Å². The summed E-state index contributed by atoms with van der Waals surface area (Å²) in [4.78, 5) is 48.6. The Balaban J connectivity index is 1.79. The van der Waals surface area contributed by atoms with Gasteiger partial charge in [0, 0.05) is 25.3 Å². The highest BCUT2D eigenvalue weighted by atomic mass is 32.2. The van der Waals surface area contributed by atoms with Crippen LogP contribution in [0.25, 0.3) is 0 Å². The highest BCUT2D eigenvalue weighted by molar-refractivity contribution is 7.95.